The summed E-state index contributed by atoms with van der Waals surface area (Å²) in [5.74, 6) is -0.312. The van der Waals surface area contributed by atoms with E-state index in [1.54, 1.807) is 12.1 Å². The minimum Gasteiger partial charge on any atom is -0.368 e. The lowest BCUT2D eigenvalue weighted by atomic mass is 9.81. The van der Waals surface area contributed by atoms with E-state index in [0.717, 1.165) is 70.8 Å². The van der Waals surface area contributed by atoms with Gasteiger partial charge in [-0.25, -0.2) is 4.72 Å². The molecule has 2 fully saturated rings. The summed E-state index contributed by atoms with van der Waals surface area (Å²) in [6.45, 7) is 3.13. The van der Waals surface area contributed by atoms with Gasteiger partial charge in [-0.3, -0.25) is 9.59 Å². The van der Waals surface area contributed by atoms with Crippen molar-refractivity contribution in [3.05, 3.63) is 95.1 Å². The summed E-state index contributed by atoms with van der Waals surface area (Å²) < 4.78 is 30.4. The molecule has 7 rings (SSSR count). The highest BCUT2D eigenvalue weighted by atomic mass is 32.2. The second kappa shape index (κ2) is 12.7. The van der Waals surface area contributed by atoms with Crippen LogP contribution in [0.3, 0.4) is 0 Å². The van der Waals surface area contributed by atoms with E-state index in [0.29, 0.717) is 31.1 Å². The fourth-order valence-electron chi connectivity index (χ4n) is 7.43. The normalized spacial score (nSPS) is 17.2. The van der Waals surface area contributed by atoms with E-state index in [9.17, 15) is 18.0 Å². The largest absolute Gasteiger partial charge is 0.368 e. The van der Waals surface area contributed by atoms with Crippen molar-refractivity contribution in [1.29, 1.82) is 0 Å². The molecule has 9 nitrogen and oxygen atoms in total. The Morgan fingerprint density at radius 1 is 0.851 bits per heavy atom. The number of nitrogens with one attached hydrogen (secondary N) is 1. The number of hydrogen-bond acceptors (Lipinski definition) is 5. The van der Waals surface area contributed by atoms with Crippen molar-refractivity contribution in [2.75, 3.05) is 45.2 Å². The second-order valence-corrected chi connectivity index (χ2v) is 14.9. The molecule has 0 atom stereocenters. The van der Waals surface area contributed by atoms with Gasteiger partial charge in [0.25, 0.3) is 11.8 Å². The van der Waals surface area contributed by atoms with Crippen LogP contribution in [0.2, 0.25) is 0 Å². The van der Waals surface area contributed by atoms with Gasteiger partial charge in [0.05, 0.1) is 12.2 Å². The van der Waals surface area contributed by atoms with Crippen LogP contribution >= 0.6 is 0 Å². The van der Waals surface area contributed by atoms with Crippen molar-refractivity contribution >= 4 is 44.7 Å². The zero-order valence-corrected chi connectivity index (χ0v) is 27.8. The van der Waals surface area contributed by atoms with Gasteiger partial charge in [-0.1, -0.05) is 67.8 Å². The third-order valence-electron chi connectivity index (χ3n) is 9.92. The minimum absolute atomic E-state index is 0.0207. The number of aromatic nitrogens is 1. The first kappa shape index (κ1) is 31.2. The quantitative estimate of drug-likeness (QED) is 0.291. The third kappa shape index (κ3) is 5.96. The van der Waals surface area contributed by atoms with Gasteiger partial charge in [0.15, 0.2) is 0 Å². The summed E-state index contributed by atoms with van der Waals surface area (Å²) in [6.07, 6.45) is 7.77. The van der Waals surface area contributed by atoms with Crippen LogP contribution in [0.15, 0.2) is 78.4 Å². The van der Waals surface area contributed by atoms with Crippen molar-refractivity contribution in [2.24, 2.45) is 0 Å². The first-order valence-electron chi connectivity index (χ1n) is 16.5. The Balaban J connectivity index is 1.30. The van der Waals surface area contributed by atoms with Crippen molar-refractivity contribution in [3.8, 4) is 11.3 Å². The SMILES string of the molecule is CN(C)S(=O)(=O)NC(=O)c1ccc2c(C3CCCCC3)c3n(c2c1)CC(C(=O)N1CCN(c2ccccc2)CC1)=Cc1ccccc1-3. The number of anilines is 1. The van der Waals surface area contributed by atoms with Gasteiger partial charge in [0.2, 0.25) is 0 Å². The summed E-state index contributed by atoms with van der Waals surface area (Å²) >= 11 is 0. The molecule has 10 heteroatoms. The number of rotatable bonds is 6. The maximum atomic E-state index is 14.3. The van der Waals surface area contributed by atoms with Crippen LogP contribution in [-0.2, 0) is 21.5 Å². The van der Waals surface area contributed by atoms with Gasteiger partial charge in [-0.2, -0.15) is 12.7 Å². The fourth-order valence-corrected chi connectivity index (χ4v) is 7.96. The minimum atomic E-state index is -3.96. The fraction of sp³-hybridized carbons (Fsp3) is 0.351. The molecule has 0 bridgehead atoms. The summed E-state index contributed by atoms with van der Waals surface area (Å²) in [7, 11) is -1.20. The Hall–Kier alpha value is -4.41. The van der Waals surface area contributed by atoms with Crippen molar-refractivity contribution in [1.82, 2.24) is 18.5 Å². The maximum Gasteiger partial charge on any atom is 0.303 e. The zero-order valence-electron chi connectivity index (χ0n) is 27.0. The number of piperazine rings is 1. The van der Waals surface area contributed by atoms with Crippen molar-refractivity contribution in [3.63, 3.8) is 0 Å². The summed E-state index contributed by atoms with van der Waals surface area (Å²) in [5.41, 5.74) is 7.38. The van der Waals surface area contributed by atoms with Crippen LogP contribution in [-0.4, -0.2) is 74.3 Å². The van der Waals surface area contributed by atoms with E-state index in [1.165, 1.54) is 31.8 Å². The molecule has 3 aliphatic rings. The third-order valence-corrected chi connectivity index (χ3v) is 11.3. The number of hydrogen-bond donors (Lipinski definition) is 1. The molecule has 0 spiro atoms. The molecule has 1 aliphatic carbocycles. The number of carbonyl (C=O) groups is 2. The van der Waals surface area contributed by atoms with Crippen LogP contribution in [0, 0.1) is 0 Å². The molecule has 1 saturated carbocycles. The summed E-state index contributed by atoms with van der Waals surface area (Å²) in [5, 5.41) is 1.05. The summed E-state index contributed by atoms with van der Waals surface area (Å²) in [4.78, 5) is 31.8. The molecular weight excluding hydrogens is 611 g/mol. The highest BCUT2D eigenvalue weighted by molar-refractivity contribution is 7.87. The van der Waals surface area contributed by atoms with Gasteiger partial charge < -0.3 is 14.4 Å². The van der Waals surface area contributed by atoms with Gasteiger partial charge in [0.1, 0.15) is 0 Å². The first-order valence-corrected chi connectivity index (χ1v) is 18.0. The van der Waals surface area contributed by atoms with E-state index in [4.69, 9.17) is 0 Å². The van der Waals surface area contributed by atoms with Gasteiger partial charge >= 0.3 is 10.2 Å². The number of para-hydroxylation sites is 1. The van der Waals surface area contributed by atoms with Crippen molar-refractivity contribution < 1.29 is 18.0 Å². The highest BCUT2D eigenvalue weighted by Crippen LogP contribution is 2.46. The molecule has 244 valence electrons. The van der Waals surface area contributed by atoms with E-state index < -0.39 is 16.1 Å². The van der Waals surface area contributed by atoms with E-state index >= 15 is 0 Å². The Morgan fingerprint density at radius 3 is 2.28 bits per heavy atom. The molecular formula is C37H41N5O4S. The van der Waals surface area contributed by atoms with Gasteiger partial charge in [-0.15, -0.1) is 0 Å². The lowest BCUT2D eigenvalue weighted by Gasteiger charge is -2.36. The second-order valence-electron chi connectivity index (χ2n) is 13.0. The molecule has 1 N–H and O–H groups in total. The maximum absolute atomic E-state index is 14.3. The van der Waals surface area contributed by atoms with Crippen molar-refractivity contribution in [2.45, 2.75) is 44.6 Å². The van der Waals surface area contributed by atoms with E-state index in [-0.39, 0.29) is 11.5 Å². The van der Waals surface area contributed by atoms with Gasteiger partial charge in [-0.05, 0) is 60.2 Å². The predicted octanol–water partition coefficient (Wildman–Crippen LogP) is 5.64. The topological polar surface area (TPSA) is 95.0 Å². The zero-order chi connectivity index (χ0) is 32.7. The van der Waals surface area contributed by atoms with Gasteiger partial charge in [0, 0.05) is 73.6 Å². The molecule has 0 radical (unpaired) electrons. The number of nitrogens with zero attached hydrogens (tertiary/aromatic N) is 4. The molecule has 0 unspecified atom stereocenters. The number of amides is 2. The molecule has 2 aliphatic heterocycles. The Morgan fingerprint density at radius 2 is 1.55 bits per heavy atom. The van der Waals surface area contributed by atoms with Crippen LogP contribution in [0.25, 0.3) is 28.2 Å². The average Bonchev–Trinajstić information content (AvgIpc) is 3.30. The van der Waals surface area contributed by atoms with Crippen LogP contribution in [0.4, 0.5) is 5.69 Å². The van der Waals surface area contributed by atoms with E-state index in [2.05, 4.69) is 38.5 Å². The molecule has 2 amide bonds. The smallest absolute Gasteiger partial charge is 0.303 e. The lowest BCUT2D eigenvalue weighted by Crippen LogP contribution is -2.49. The van der Waals surface area contributed by atoms with Crippen LogP contribution in [0.1, 0.15) is 59.5 Å². The molecule has 47 heavy (non-hydrogen) atoms. The Kier molecular flexibility index (Phi) is 8.40. The standard InChI is InChI=1S/C37H41N5O4S/c1-39(2)47(45,46)38-36(43)28-17-18-32-33(24-28)42-25-29(37(44)41-21-19-40(20-22-41)30-14-7-4-8-15-30)23-27-13-9-10-16-31(27)35(42)34(32)26-11-5-3-6-12-26/h4,7-10,13-18,23-24,26H,3,5-6,11-12,19-22,25H2,1-2H3,(H,38,43). The van der Waals surface area contributed by atoms with Crippen LogP contribution in [0.5, 0.6) is 0 Å². The average molecular weight is 652 g/mol. The van der Waals surface area contributed by atoms with E-state index in [1.807, 2.05) is 47.4 Å². The Labute approximate surface area is 276 Å². The number of fused-ring (bicyclic) bond motifs is 5. The number of benzene rings is 3. The number of carbonyl (C=O) groups excluding carboxylic acids is 2. The Bertz CT molecular complexity index is 1970. The lowest BCUT2D eigenvalue weighted by molar-refractivity contribution is -0.127. The van der Waals surface area contributed by atoms with Crippen LogP contribution < -0.4 is 9.62 Å². The summed E-state index contributed by atoms with van der Waals surface area (Å²) in [6, 6.07) is 24.1. The first-order chi connectivity index (χ1) is 22.7. The highest BCUT2D eigenvalue weighted by Gasteiger charge is 2.32. The molecule has 1 saturated heterocycles. The molecule has 4 aromatic rings. The predicted molar refractivity (Wildman–Crippen MR) is 186 cm³/mol. The molecule has 1 aromatic heterocycles. The molecule has 3 heterocycles. The monoisotopic (exact) mass is 651 g/mol. The molecule has 3 aromatic carbocycles.